The molecule has 1 atom stereocenters. The van der Waals surface area contributed by atoms with Gasteiger partial charge in [0.05, 0.1) is 16.9 Å². The summed E-state index contributed by atoms with van der Waals surface area (Å²) in [5, 5.41) is 1.06. The van der Waals surface area contributed by atoms with Crippen molar-refractivity contribution in [1.82, 2.24) is 4.98 Å². The number of pyridine rings is 1. The minimum absolute atomic E-state index is 0.814. The molecule has 0 aliphatic carbocycles. The number of aromatic nitrogens is 1. The van der Waals surface area contributed by atoms with Crippen LogP contribution >= 0.6 is 0 Å². The van der Waals surface area contributed by atoms with Gasteiger partial charge < -0.3 is 10.6 Å². The van der Waals surface area contributed by atoms with Crippen LogP contribution in [0, 0.1) is 5.92 Å². The van der Waals surface area contributed by atoms with Gasteiger partial charge in [-0.05, 0) is 36.6 Å². The fourth-order valence-electron chi connectivity index (χ4n) is 2.82. The van der Waals surface area contributed by atoms with Crippen LogP contribution in [0.1, 0.15) is 19.8 Å². The number of nitrogen functional groups attached to an aromatic ring is 1. The second-order valence-corrected chi connectivity index (χ2v) is 5.08. The van der Waals surface area contributed by atoms with E-state index >= 15 is 0 Å². The lowest BCUT2D eigenvalue weighted by Crippen LogP contribution is -2.20. The van der Waals surface area contributed by atoms with E-state index < -0.39 is 0 Å². The normalized spacial score (nSPS) is 19.6. The summed E-state index contributed by atoms with van der Waals surface area (Å²) in [4.78, 5) is 6.76. The fourth-order valence-corrected chi connectivity index (χ4v) is 2.82. The number of hydrogen-bond acceptors (Lipinski definition) is 3. The average Bonchev–Trinajstić information content (AvgIpc) is 2.88. The summed E-state index contributed by atoms with van der Waals surface area (Å²) in [5.74, 6) is 0.814. The molecule has 0 radical (unpaired) electrons. The van der Waals surface area contributed by atoms with Gasteiger partial charge in [0.25, 0.3) is 0 Å². The third kappa shape index (κ3) is 1.80. The van der Waals surface area contributed by atoms with Gasteiger partial charge in [0.1, 0.15) is 0 Å². The Morgan fingerprint density at radius 1 is 1.39 bits per heavy atom. The number of nitrogens with two attached hydrogens (primary N) is 1. The zero-order chi connectivity index (χ0) is 12.5. The van der Waals surface area contributed by atoms with Crippen molar-refractivity contribution in [3.8, 4) is 0 Å². The van der Waals surface area contributed by atoms with E-state index in [1.165, 1.54) is 18.5 Å². The molecule has 1 aliphatic heterocycles. The minimum atomic E-state index is 0.814. The van der Waals surface area contributed by atoms with Gasteiger partial charge in [-0.25, -0.2) is 0 Å². The first-order valence-electron chi connectivity index (χ1n) is 6.67. The quantitative estimate of drug-likeness (QED) is 0.822. The molecule has 3 rings (SSSR count). The highest BCUT2D eigenvalue weighted by molar-refractivity contribution is 5.97. The summed E-state index contributed by atoms with van der Waals surface area (Å²) in [7, 11) is 0. The standard InChI is InChI=1S/C15H19N3/c1-2-11-7-9-18(10-11)14-6-5-13-12(15(14)16)4-3-8-17-13/h3-6,8,11H,2,7,9-10,16H2,1H3. The molecule has 0 bridgehead atoms. The molecule has 0 amide bonds. The van der Waals surface area contributed by atoms with Crippen molar-refractivity contribution in [1.29, 1.82) is 0 Å². The molecule has 0 saturated carbocycles. The van der Waals surface area contributed by atoms with E-state index in [0.717, 1.165) is 35.6 Å². The molecule has 1 unspecified atom stereocenters. The van der Waals surface area contributed by atoms with Gasteiger partial charge in [0, 0.05) is 24.7 Å². The summed E-state index contributed by atoms with van der Waals surface area (Å²) >= 11 is 0. The van der Waals surface area contributed by atoms with E-state index in [4.69, 9.17) is 5.73 Å². The Labute approximate surface area is 108 Å². The maximum absolute atomic E-state index is 6.30. The highest BCUT2D eigenvalue weighted by Gasteiger charge is 2.22. The van der Waals surface area contributed by atoms with E-state index in [0.29, 0.717) is 0 Å². The third-order valence-electron chi connectivity index (χ3n) is 4.01. The Hall–Kier alpha value is -1.77. The predicted octanol–water partition coefficient (Wildman–Crippen LogP) is 3.05. The Balaban J connectivity index is 2.00. The number of nitrogens with zero attached hydrogens (tertiary/aromatic N) is 2. The minimum Gasteiger partial charge on any atom is -0.396 e. The number of benzene rings is 1. The highest BCUT2D eigenvalue weighted by atomic mass is 15.2. The molecule has 94 valence electrons. The van der Waals surface area contributed by atoms with E-state index in [1.807, 2.05) is 12.3 Å². The summed E-state index contributed by atoms with van der Waals surface area (Å²) in [6.07, 6.45) is 4.34. The van der Waals surface area contributed by atoms with Crippen LogP contribution in [-0.2, 0) is 0 Å². The zero-order valence-electron chi connectivity index (χ0n) is 10.8. The van der Waals surface area contributed by atoms with E-state index in [1.54, 1.807) is 0 Å². The molecule has 2 N–H and O–H groups in total. The summed E-state index contributed by atoms with van der Waals surface area (Å²) in [5.41, 5.74) is 9.33. The predicted molar refractivity (Wildman–Crippen MR) is 76.8 cm³/mol. The van der Waals surface area contributed by atoms with Crippen LogP contribution in [0.3, 0.4) is 0 Å². The van der Waals surface area contributed by atoms with Crippen LogP contribution in [-0.4, -0.2) is 18.1 Å². The van der Waals surface area contributed by atoms with E-state index in [-0.39, 0.29) is 0 Å². The van der Waals surface area contributed by atoms with Crippen molar-refractivity contribution in [2.24, 2.45) is 5.92 Å². The highest BCUT2D eigenvalue weighted by Crippen LogP contribution is 2.34. The third-order valence-corrected chi connectivity index (χ3v) is 4.01. The van der Waals surface area contributed by atoms with Gasteiger partial charge >= 0.3 is 0 Å². The first kappa shape index (κ1) is 11.3. The largest absolute Gasteiger partial charge is 0.396 e. The molecular formula is C15H19N3. The topological polar surface area (TPSA) is 42.2 Å². The monoisotopic (exact) mass is 241 g/mol. The van der Waals surface area contributed by atoms with Crippen LogP contribution in [0.4, 0.5) is 11.4 Å². The van der Waals surface area contributed by atoms with Crippen molar-refractivity contribution < 1.29 is 0 Å². The second-order valence-electron chi connectivity index (χ2n) is 5.08. The molecule has 18 heavy (non-hydrogen) atoms. The van der Waals surface area contributed by atoms with Gasteiger partial charge in [-0.15, -0.1) is 0 Å². The molecule has 1 aliphatic rings. The maximum atomic E-state index is 6.30. The SMILES string of the molecule is CCC1CCN(c2ccc3ncccc3c2N)C1. The first-order chi connectivity index (χ1) is 8.79. The van der Waals surface area contributed by atoms with Crippen molar-refractivity contribution in [2.75, 3.05) is 23.7 Å². The smallest absolute Gasteiger partial charge is 0.0724 e. The summed E-state index contributed by atoms with van der Waals surface area (Å²) < 4.78 is 0. The Morgan fingerprint density at radius 2 is 2.28 bits per heavy atom. The van der Waals surface area contributed by atoms with Crippen LogP contribution in [0.2, 0.25) is 0 Å². The molecular weight excluding hydrogens is 222 g/mol. The van der Waals surface area contributed by atoms with Crippen molar-refractivity contribution >= 4 is 22.3 Å². The van der Waals surface area contributed by atoms with E-state index in [2.05, 4.69) is 35.0 Å². The van der Waals surface area contributed by atoms with E-state index in [9.17, 15) is 0 Å². The molecule has 3 heteroatoms. The van der Waals surface area contributed by atoms with Crippen LogP contribution in [0.15, 0.2) is 30.5 Å². The van der Waals surface area contributed by atoms with Crippen LogP contribution in [0.25, 0.3) is 10.9 Å². The van der Waals surface area contributed by atoms with Crippen molar-refractivity contribution in [2.45, 2.75) is 19.8 Å². The van der Waals surface area contributed by atoms with Gasteiger partial charge in [-0.2, -0.15) is 0 Å². The lowest BCUT2D eigenvalue weighted by Gasteiger charge is -2.21. The molecule has 1 aromatic carbocycles. The Kier molecular flexibility index (Phi) is 2.82. The zero-order valence-corrected chi connectivity index (χ0v) is 10.8. The van der Waals surface area contributed by atoms with Gasteiger partial charge in [-0.3, -0.25) is 4.98 Å². The molecule has 2 heterocycles. The number of anilines is 2. The van der Waals surface area contributed by atoms with Crippen molar-refractivity contribution in [3.63, 3.8) is 0 Å². The molecule has 1 saturated heterocycles. The number of fused-ring (bicyclic) bond motifs is 1. The molecule has 2 aromatic rings. The van der Waals surface area contributed by atoms with Crippen molar-refractivity contribution in [3.05, 3.63) is 30.5 Å². The maximum Gasteiger partial charge on any atom is 0.0724 e. The average molecular weight is 241 g/mol. The molecule has 1 aromatic heterocycles. The summed E-state index contributed by atoms with van der Waals surface area (Å²) in [6.45, 7) is 4.52. The Morgan fingerprint density at radius 3 is 3.06 bits per heavy atom. The molecule has 1 fully saturated rings. The second kappa shape index (κ2) is 4.48. The van der Waals surface area contributed by atoms with Gasteiger partial charge in [-0.1, -0.05) is 13.3 Å². The lowest BCUT2D eigenvalue weighted by atomic mass is 10.1. The molecule has 0 spiro atoms. The Bertz CT molecular complexity index is 565. The van der Waals surface area contributed by atoms with Crippen LogP contribution in [0.5, 0.6) is 0 Å². The number of hydrogen-bond donors (Lipinski definition) is 1. The lowest BCUT2D eigenvalue weighted by molar-refractivity contribution is 0.569. The fraction of sp³-hybridized carbons (Fsp3) is 0.400. The van der Waals surface area contributed by atoms with Crippen LogP contribution < -0.4 is 10.6 Å². The summed E-state index contributed by atoms with van der Waals surface area (Å²) in [6, 6.07) is 8.18. The molecule has 3 nitrogen and oxygen atoms in total. The van der Waals surface area contributed by atoms with Gasteiger partial charge in [0.2, 0.25) is 0 Å². The number of rotatable bonds is 2. The van der Waals surface area contributed by atoms with Gasteiger partial charge in [0.15, 0.2) is 0 Å². The first-order valence-corrected chi connectivity index (χ1v) is 6.67.